The zero-order chi connectivity index (χ0) is 10.5. The first-order valence-electron chi connectivity index (χ1n) is 5.23. The van der Waals surface area contributed by atoms with E-state index in [1.54, 1.807) is 0 Å². The van der Waals surface area contributed by atoms with E-state index in [9.17, 15) is 4.79 Å². The third-order valence-electron chi connectivity index (χ3n) is 2.59. The highest BCUT2D eigenvalue weighted by Gasteiger charge is 2.13. The lowest BCUT2D eigenvalue weighted by molar-refractivity contribution is 0.273. The van der Waals surface area contributed by atoms with Gasteiger partial charge in [0.15, 0.2) is 0 Å². The van der Waals surface area contributed by atoms with Crippen molar-refractivity contribution in [2.45, 2.75) is 12.8 Å². The van der Waals surface area contributed by atoms with E-state index in [1.165, 1.54) is 18.8 Å². The Kier molecular flexibility index (Phi) is 3.34. The van der Waals surface area contributed by atoms with E-state index >= 15 is 0 Å². The molecule has 1 saturated heterocycles. The monoisotopic (exact) mass is 209 g/mol. The van der Waals surface area contributed by atoms with Crippen molar-refractivity contribution >= 4 is 0 Å². The van der Waals surface area contributed by atoms with Crippen LogP contribution in [0.5, 0.6) is 5.88 Å². The summed E-state index contributed by atoms with van der Waals surface area (Å²) in [6, 6.07) is 1.37. The van der Waals surface area contributed by atoms with Crippen molar-refractivity contribution in [2.75, 3.05) is 19.7 Å². The Labute approximate surface area is 87.9 Å². The van der Waals surface area contributed by atoms with Gasteiger partial charge in [-0.3, -0.25) is 4.79 Å². The van der Waals surface area contributed by atoms with E-state index in [0.717, 1.165) is 19.5 Å². The highest BCUT2D eigenvalue weighted by Crippen LogP contribution is 2.12. The molecule has 2 heterocycles. The molecule has 82 valence electrons. The van der Waals surface area contributed by atoms with Gasteiger partial charge < -0.3 is 15.0 Å². The molecule has 5 nitrogen and oxygen atoms in total. The Bertz CT molecular complexity index is 358. The molecule has 1 aromatic heterocycles. The van der Waals surface area contributed by atoms with Gasteiger partial charge in [0.25, 0.3) is 5.56 Å². The van der Waals surface area contributed by atoms with Gasteiger partial charge in [-0.2, -0.15) is 0 Å². The quantitative estimate of drug-likeness (QED) is 0.740. The summed E-state index contributed by atoms with van der Waals surface area (Å²) < 4.78 is 5.39. The summed E-state index contributed by atoms with van der Waals surface area (Å²) in [5.41, 5.74) is -0.178. The molecule has 1 aliphatic heterocycles. The molecule has 0 saturated carbocycles. The highest BCUT2D eigenvalue weighted by molar-refractivity contribution is 5.04. The summed E-state index contributed by atoms with van der Waals surface area (Å²) in [4.78, 5) is 17.3. The minimum Gasteiger partial charge on any atom is -0.477 e. The van der Waals surface area contributed by atoms with Gasteiger partial charge in [-0.05, 0) is 31.8 Å². The Morgan fingerprint density at radius 2 is 2.53 bits per heavy atom. The Morgan fingerprint density at radius 3 is 3.27 bits per heavy atom. The van der Waals surface area contributed by atoms with Crippen LogP contribution in [0.4, 0.5) is 0 Å². The van der Waals surface area contributed by atoms with Crippen LogP contribution in [0.1, 0.15) is 12.8 Å². The standard InChI is InChI=1S/C10H15N3O2/c14-9-5-10(13-7-12-9)15-4-2-8-1-3-11-6-8/h5,7-8,11H,1-4,6H2,(H,12,13,14). The fourth-order valence-electron chi connectivity index (χ4n) is 1.72. The second-order valence-corrected chi connectivity index (χ2v) is 3.75. The van der Waals surface area contributed by atoms with Crippen LogP contribution in [0.3, 0.4) is 0 Å². The molecule has 0 spiro atoms. The first kappa shape index (κ1) is 10.2. The number of nitrogens with one attached hydrogen (secondary N) is 2. The SMILES string of the molecule is O=c1cc(OCCC2CCNC2)nc[nH]1. The van der Waals surface area contributed by atoms with E-state index < -0.39 is 0 Å². The molecule has 2 rings (SSSR count). The van der Waals surface area contributed by atoms with Crippen LogP contribution in [0.15, 0.2) is 17.2 Å². The van der Waals surface area contributed by atoms with Crippen molar-refractivity contribution < 1.29 is 4.74 Å². The van der Waals surface area contributed by atoms with Crippen molar-refractivity contribution in [3.8, 4) is 5.88 Å². The summed E-state index contributed by atoms with van der Waals surface area (Å²) in [6.45, 7) is 2.81. The zero-order valence-electron chi connectivity index (χ0n) is 8.53. The van der Waals surface area contributed by atoms with Crippen LogP contribution in [-0.4, -0.2) is 29.7 Å². The summed E-state index contributed by atoms with van der Waals surface area (Å²) in [5.74, 6) is 1.11. The molecule has 1 atom stereocenters. The van der Waals surface area contributed by atoms with Crippen molar-refractivity contribution in [1.29, 1.82) is 0 Å². The predicted molar refractivity (Wildman–Crippen MR) is 55.9 cm³/mol. The number of nitrogens with zero attached hydrogens (tertiary/aromatic N) is 1. The van der Waals surface area contributed by atoms with E-state index in [-0.39, 0.29) is 5.56 Å². The Morgan fingerprint density at radius 1 is 1.60 bits per heavy atom. The average Bonchev–Trinajstić information content (AvgIpc) is 2.71. The molecule has 0 amide bonds. The summed E-state index contributed by atoms with van der Waals surface area (Å²) >= 11 is 0. The topological polar surface area (TPSA) is 67.0 Å². The molecular formula is C10H15N3O2. The zero-order valence-corrected chi connectivity index (χ0v) is 8.53. The second-order valence-electron chi connectivity index (χ2n) is 3.75. The van der Waals surface area contributed by atoms with Crippen molar-refractivity contribution in [2.24, 2.45) is 5.92 Å². The Hall–Kier alpha value is -1.36. The van der Waals surface area contributed by atoms with Crippen molar-refractivity contribution in [1.82, 2.24) is 15.3 Å². The van der Waals surface area contributed by atoms with Crippen LogP contribution < -0.4 is 15.6 Å². The molecule has 1 aliphatic rings. The smallest absolute Gasteiger partial charge is 0.254 e. The van der Waals surface area contributed by atoms with Gasteiger partial charge in [-0.1, -0.05) is 0 Å². The van der Waals surface area contributed by atoms with Gasteiger partial charge in [-0.25, -0.2) is 4.98 Å². The van der Waals surface area contributed by atoms with Crippen LogP contribution in [0.25, 0.3) is 0 Å². The summed E-state index contributed by atoms with van der Waals surface area (Å²) in [5, 5.41) is 3.30. The van der Waals surface area contributed by atoms with Gasteiger partial charge in [0.1, 0.15) is 0 Å². The number of hydrogen-bond donors (Lipinski definition) is 2. The molecule has 0 aromatic carbocycles. The van der Waals surface area contributed by atoms with Crippen LogP contribution in [0, 0.1) is 5.92 Å². The number of aromatic nitrogens is 2. The largest absolute Gasteiger partial charge is 0.477 e. The minimum absolute atomic E-state index is 0.178. The normalized spacial score (nSPS) is 20.4. The maximum absolute atomic E-state index is 10.9. The molecule has 0 bridgehead atoms. The van der Waals surface area contributed by atoms with Crippen LogP contribution >= 0.6 is 0 Å². The maximum atomic E-state index is 10.9. The lowest BCUT2D eigenvalue weighted by Crippen LogP contribution is -2.13. The fraction of sp³-hybridized carbons (Fsp3) is 0.600. The number of rotatable bonds is 4. The third-order valence-corrected chi connectivity index (χ3v) is 2.59. The Balaban J connectivity index is 1.75. The van der Waals surface area contributed by atoms with Gasteiger partial charge in [0, 0.05) is 0 Å². The number of H-pyrrole nitrogens is 1. The lowest BCUT2D eigenvalue weighted by atomic mass is 10.1. The molecule has 1 unspecified atom stereocenters. The molecule has 15 heavy (non-hydrogen) atoms. The van der Waals surface area contributed by atoms with Crippen LogP contribution in [-0.2, 0) is 0 Å². The van der Waals surface area contributed by atoms with Crippen molar-refractivity contribution in [3.05, 3.63) is 22.7 Å². The highest BCUT2D eigenvalue weighted by atomic mass is 16.5. The molecule has 1 aromatic rings. The summed E-state index contributed by atoms with van der Waals surface area (Å²) in [6.07, 6.45) is 3.59. The van der Waals surface area contributed by atoms with E-state index in [0.29, 0.717) is 18.4 Å². The molecule has 1 fully saturated rings. The number of hydrogen-bond acceptors (Lipinski definition) is 4. The van der Waals surface area contributed by atoms with Crippen LogP contribution in [0.2, 0.25) is 0 Å². The van der Waals surface area contributed by atoms with E-state index in [1.807, 2.05) is 0 Å². The number of ether oxygens (including phenoxy) is 1. The van der Waals surface area contributed by atoms with Gasteiger partial charge in [-0.15, -0.1) is 0 Å². The third kappa shape index (κ3) is 3.06. The predicted octanol–water partition coefficient (Wildman–Crippen LogP) is 0.148. The second kappa shape index (κ2) is 4.93. The molecule has 0 aliphatic carbocycles. The fourth-order valence-corrected chi connectivity index (χ4v) is 1.72. The van der Waals surface area contributed by atoms with Gasteiger partial charge in [0.2, 0.25) is 5.88 Å². The van der Waals surface area contributed by atoms with Crippen molar-refractivity contribution in [3.63, 3.8) is 0 Å². The van der Waals surface area contributed by atoms with E-state index in [4.69, 9.17) is 4.74 Å². The van der Waals surface area contributed by atoms with E-state index in [2.05, 4.69) is 15.3 Å². The maximum Gasteiger partial charge on any atom is 0.254 e. The lowest BCUT2D eigenvalue weighted by Gasteiger charge is -2.08. The average molecular weight is 209 g/mol. The molecular weight excluding hydrogens is 194 g/mol. The van der Waals surface area contributed by atoms with Gasteiger partial charge >= 0.3 is 0 Å². The minimum atomic E-state index is -0.178. The molecule has 5 heteroatoms. The summed E-state index contributed by atoms with van der Waals surface area (Å²) in [7, 11) is 0. The first-order valence-corrected chi connectivity index (χ1v) is 5.23. The number of aromatic amines is 1. The first-order chi connectivity index (χ1) is 7.34. The molecule has 0 radical (unpaired) electrons. The molecule has 2 N–H and O–H groups in total. The van der Waals surface area contributed by atoms with Gasteiger partial charge in [0.05, 0.1) is 19.0 Å².